The first kappa shape index (κ1) is 26.3. The predicted molar refractivity (Wildman–Crippen MR) is 152 cm³/mol. The first-order valence-electron chi connectivity index (χ1n) is 13.5. The zero-order valence-electron chi connectivity index (χ0n) is 22.8. The van der Waals surface area contributed by atoms with E-state index in [0.29, 0.717) is 6.54 Å². The molecule has 38 heavy (non-hydrogen) atoms. The lowest BCUT2D eigenvalue weighted by atomic mass is 10.0. The van der Waals surface area contributed by atoms with Crippen molar-refractivity contribution in [2.45, 2.75) is 57.2 Å². The maximum atomic E-state index is 13.0. The molecule has 8 heteroatoms. The van der Waals surface area contributed by atoms with E-state index in [9.17, 15) is 9.90 Å². The van der Waals surface area contributed by atoms with Crippen LogP contribution in [0.5, 0.6) is 5.75 Å². The molecule has 1 saturated heterocycles. The van der Waals surface area contributed by atoms with E-state index in [1.54, 1.807) is 7.11 Å². The van der Waals surface area contributed by atoms with Crippen LogP contribution >= 0.6 is 0 Å². The summed E-state index contributed by atoms with van der Waals surface area (Å²) in [5.74, 6) is 1.75. The lowest BCUT2D eigenvalue weighted by molar-refractivity contribution is 0.0223. The zero-order chi connectivity index (χ0) is 26.9. The first-order chi connectivity index (χ1) is 18.2. The van der Waals surface area contributed by atoms with E-state index in [1.807, 2.05) is 68.3 Å². The molecule has 1 aromatic heterocycles. The van der Waals surface area contributed by atoms with E-state index in [0.717, 1.165) is 66.9 Å². The maximum absolute atomic E-state index is 13.0. The summed E-state index contributed by atoms with van der Waals surface area (Å²) in [6.07, 6.45) is 3.82. The Morgan fingerprint density at radius 2 is 1.95 bits per heavy atom. The summed E-state index contributed by atoms with van der Waals surface area (Å²) in [5.41, 5.74) is 3.48. The fourth-order valence-corrected chi connectivity index (χ4v) is 5.82. The zero-order valence-corrected chi connectivity index (χ0v) is 22.8. The number of aromatic nitrogens is 1. The summed E-state index contributed by atoms with van der Waals surface area (Å²) in [7, 11) is 3.58. The van der Waals surface area contributed by atoms with Gasteiger partial charge < -0.3 is 30.3 Å². The third-order valence-electron chi connectivity index (χ3n) is 7.73. The number of benzene rings is 2. The van der Waals surface area contributed by atoms with Crippen LogP contribution in [-0.2, 0) is 6.42 Å². The fraction of sp³-hybridized carbons (Fsp3) is 0.467. The van der Waals surface area contributed by atoms with Crippen molar-refractivity contribution in [2.24, 2.45) is 0 Å². The van der Waals surface area contributed by atoms with E-state index in [4.69, 9.17) is 9.72 Å². The Bertz CT molecular complexity index is 1300. The van der Waals surface area contributed by atoms with Gasteiger partial charge in [0.15, 0.2) is 0 Å². The second kappa shape index (κ2) is 10.8. The Balaban J connectivity index is 1.20. The van der Waals surface area contributed by atoms with Crippen molar-refractivity contribution in [1.29, 1.82) is 0 Å². The van der Waals surface area contributed by atoms with Crippen molar-refractivity contribution >= 4 is 28.4 Å². The first-order valence-corrected chi connectivity index (χ1v) is 13.5. The molecule has 0 saturated carbocycles. The highest BCUT2D eigenvalue weighted by Crippen LogP contribution is 2.39. The number of hydrogen-bond acceptors (Lipinski definition) is 6. The number of aliphatic hydroxyl groups is 1. The number of carbonyl (C=O) groups is 1. The van der Waals surface area contributed by atoms with E-state index in [1.165, 1.54) is 11.1 Å². The molecule has 1 aliphatic heterocycles. The molecule has 5 rings (SSSR count). The predicted octanol–water partition coefficient (Wildman–Crippen LogP) is 5.04. The lowest BCUT2D eigenvalue weighted by Gasteiger charge is -2.38. The van der Waals surface area contributed by atoms with Crippen LogP contribution in [0.25, 0.3) is 10.9 Å². The van der Waals surface area contributed by atoms with E-state index >= 15 is 0 Å². The average molecular weight is 518 g/mol. The number of pyridine rings is 1. The van der Waals surface area contributed by atoms with E-state index in [2.05, 4.69) is 21.6 Å². The topological polar surface area (TPSA) is 90.0 Å². The number of nitrogens with zero attached hydrogens (tertiary/aromatic N) is 3. The van der Waals surface area contributed by atoms with Crippen molar-refractivity contribution in [3.05, 3.63) is 59.7 Å². The Morgan fingerprint density at radius 1 is 1.16 bits per heavy atom. The number of rotatable bonds is 7. The number of aryl methyl sites for hydroxylation is 1. The van der Waals surface area contributed by atoms with Gasteiger partial charge in [-0.15, -0.1) is 0 Å². The number of carbonyl (C=O) groups excluding carboxylic acids is 1. The van der Waals surface area contributed by atoms with Crippen LogP contribution in [0.15, 0.2) is 48.5 Å². The van der Waals surface area contributed by atoms with E-state index in [-0.39, 0.29) is 18.1 Å². The Morgan fingerprint density at radius 3 is 2.68 bits per heavy atom. The van der Waals surface area contributed by atoms with Gasteiger partial charge in [0.2, 0.25) is 0 Å². The van der Waals surface area contributed by atoms with Crippen LogP contribution in [0.4, 0.5) is 16.3 Å². The number of methoxy groups -OCH3 is 1. The standard InChI is InChI=1S/C30H39N5O3/c1-30(2,37)19-35-16-14-23(15-17-35)34(3)29(36)31-22-10-12-24-21(18-22)9-13-27(32-24)33-25-11-8-20-6-5-7-26(38-4)28(20)25/h5-7,9-10,12-13,18,23,25,37H,8,11,14-17,19H2,1-4H3,(H,31,36)(H,32,33). The number of nitrogens with one attached hydrogen (secondary N) is 2. The van der Waals surface area contributed by atoms with Crippen LogP contribution in [-0.4, -0.2) is 71.4 Å². The van der Waals surface area contributed by atoms with Gasteiger partial charge in [0.05, 0.1) is 24.3 Å². The maximum Gasteiger partial charge on any atom is 0.321 e. The van der Waals surface area contributed by atoms with Crippen LogP contribution in [0.2, 0.25) is 0 Å². The van der Waals surface area contributed by atoms with Gasteiger partial charge in [-0.1, -0.05) is 12.1 Å². The molecule has 1 fully saturated rings. The van der Waals surface area contributed by atoms with Gasteiger partial charge in [0.25, 0.3) is 0 Å². The SMILES string of the molecule is COc1cccc2c1C(Nc1ccc3cc(NC(=O)N(C)C4CCN(CC(C)(C)O)CC4)ccc3n1)CC2. The number of urea groups is 1. The van der Waals surface area contributed by atoms with Crippen molar-refractivity contribution < 1.29 is 14.6 Å². The highest BCUT2D eigenvalue weighted by Gasteiger charge is 2.28. The molecule has 0 bridgehead atoms. The molecule has 2 aromatic carbocycles. The number of anilines is 2. The van der Waals surface area contributed by atoms with Gasteiger partial charge >= 0.3 is 6.03 Å². The number of amides is 2. The number of likely N-dealkylation sites (tertiary alicyclic amines) is 1. The molecule has 0 radical (unpaired) electrons. The van der Waals surface area contributed by atoms with Crippen molar-refractivity contribution in [3.8, 4) is 5.75 Å². The number of ether oxygens (including phenoxy) is 1. The number of fused-ring (bicyclic) bond motifs is 2. The summed E-state index contributed by atoms with van der Waals surface area (Å²) in [4.78, 5) is 21.9. The summed E-state index contributed by atoms with van der Waals surface area (Å²) in [6, 6.07) is 16.3. The Hall–Kier alpha value is -3.36. The molecule has 1 atom stereocenters. The monoisotopic (exact) mass is 517 g/mol. The molecule has 0 spiro atoms. The van der Waals surface area contributed by atoms with Crippen molar-refractivity contribution in [3.63, 3.8) is 0 Å². The second-order valence-electron chi connectivity index (χ2n) is 11.2. The van der Waals surface area contributed by atoms with Gasteiger partial charge in [0.1, 0.15) is 11.6 Å². The molecule has 2 aliphatic rings. The van der Waals surface area contributed by atoms with Crippen LogP contribution in [0, 0.1) is 0 Å². The number of piperidine rings is 1. The van der Waals surface area contributed by atoms with Crippen LogP contribution < -0.4 is 15.4 Å². The molecule has 2 heterocycles. The summed E-state index contributed by atoms with van der Waals surface area (Å²) < 4.78 is 5.61. The fourth-order valence-electron chi connectivity index (χ4n) is 5.82. The number of hydrogen-bond donors (Lipinski definition) is 3. The normalized spacial score (nSPS) is 18.3. The molecule has 202 valence electrons. The summed E-state index contributed by atoms with van der Waals surface area (Å²) in [5, 5.41) is 17.7. The van der Waals surface area contributed by atoms with Crippen LogP contribution in [0.3, 0.4) is 0 Å². The third-order valence-corrected chi connectivity index (χ3v) is 7.73. The molecular weight excluding hydrogens is 478 g/mol. The number of β-amino-alcohol motifs (C(OH)–C–C–N with tert-alkyl or cyclic N) is 1. The highest BCUT2D eigenvalue weighted by molar-refractivity contribution is 5.93. The molecule has 8 nitrogen and oxygen atoms in total. The smallest absolute Gasteiger partial charge is 0.321 e. The molecule has 1 unspecified atom stereocenters. The van der Waals surface area contributed by atoms with Crippen molar-refractivity contribution in [1.82, 2.24) is 14.8 Å². The summed E-state index contributed by atoms with van der Waals surface area (Å²) >= 11 is 0. The van der Waals surface area contributed by atoms with Gasteiger partial charge in [-0.25, -0.2) is 9.78 Å². The van der Waals surface area contributed by atoms with Gasteiger partial charge in [0, 0.05) is 49.4 Å². The minimum Gasteiger partial charge on any atom is -0.496 e. The largest absolute Gasteiger partial charge is 0.496 e. The average Bonchev–Trinajstić information content (AvgIpc) is 3.30. The van der Waals surface area contributed by atoms with Crippen LogP contribution in [0.1, 0.15) is 50.3 Å². The molecular formula is C30H39N5O3. The molecule has 3 N–H and O–H groups in total. The summed E-state index contributed by atoms with van der Waals surface area (Å²) in [6.45, 7) is 6.08. The molecule has 1 aliphatic carbocycles. The Kier molecular flexibility index (Phi) is 7.45. The highest BCUT2D eigenvalue weighted by atomic mass is 16.5. The second-order valence-corrected chi connectivity index (χ2v) is 11.2. The minimum absolute atomic E-state index is 0.106. The Labute approximate surface area is 225 Å². The van der Waals surface area contributed by atoms with Gasteiger partial charge in [-0.3, -0.25) is 0 Å². The minimum atomic E-state index is -0.701. The molecule has 3 aromatic rings. The van der Waals surface area contributed by atoms with Gasteiger partial charge in [-0.2, -0.15) is 0 Å². The van der Waals surface area contributed by atoms with Crippen molar-refractivity contribution in [2.75, 3.05) is 44.4 Å². The third kappa shape index (κ3) is 5.87. The lowest BCUT2D eigenvalue weighted by Crippen LogP contribution is -2.49. The van der Waals surface area contributed by atoms with E-state index < -0.39 is 5.60 Å². The quantitative estimate of drug-likeness (QED) is 0.407. The van der Waals surface area contributed by atoms with Gasteiger partial charge in [-0.05, 0) is 81.5 Å². The molecule has 2 amide bonds.